The van der Waals surface area contributed by atoms with Crippen LogP contribution in [-0.4, -0.2) is 32.3 Å². The van der Waals surface area contributed by atoms with Crippen LogP contribution in [0, 0.1) is 22.7 Å². The van der Waals surface area contributed by atoms with E-state index < -0.39 is 12.0 Å². The molecule has 0 saturated carbocycles. The molecule has 0 fully saturated rings. The van der Waals surface area contributed by atoms with Crippen LogP contribution in [0.5, 0.6) is 0 Å². The zero-order valence-corrected chi connectivity index (χ0v) is 12.8. The minimum absolute atomic E-state index is 0.0479. The van der Waals surface area contributed by atoms with Gasteiger partial charge < -0.3 is 14.8 Å². The SMILES string of the molecule is COCCOC(=O)NNC(=O)c1ccccc1NC=C(C#N)C#N. The lowest BCUT2D eigenvalue weighted by molar-refractivity contribution is 0.0850. The van der Waals surface area contributed by atoms with Gasteiger partial charge in [0, 0.05) is 13.3 Å². The number of rotatable bonds is 6. The number of hydrazine groups is 1. The summed E-state index contributed by atoms with van der Waals surface area (Å²) in [5, 5.41) is 20.1. The molecule has 0 heterocycles. The van der Waals surface area contributed by atoms with Crippen molar-refractivity contribution < 1.29 is 19.1 Å². The van der Waals surface area contributed by atoms with Crippen molar-refractivity contribution in [2.75, 3.05) is 25.6 Å². The Labute approximate surface area is 138 Å². The lowest BCUT2D eigenvalue weighted by Crippen LogP contribution is -2.42. The second-order valence-corrected chi connectivity index (χ2v) is 4.18. The van der Waals surface area contributed by atoms with Gasteiger partial charge >= 0.3 is 6.09 Å². The summed E-state index contributed by atoms with van der Waals surface area (Å²) >= 11 is 0. The zero-order chi connectivity index (χ0) is 17.8. The average molecular weight is 329 g/mol. The number of benzene rings is 1. The molecule has 3 N–H and O–H groups in total. The Kier molecular flexibility index (Phi) is 7.87. The Hall–Kier alpha value is -3.56. The highest BCUT2D eigenvalue weighted by molar-refractivity contribution is 6.00. The number of nitriles is 2. The van der Waals surface area contributed by atoms with Crippen molar-refractivity contribution in [1.29, 1.82) is 10.5 Å². The Morgan fingerprint density at radius 3 is 2.54 bits per heavy atom. The summed E-state index contributed by atoms with van der Waals surface area (Å²) in [7, 11) is 1.46. The fraction of sp³-hybridized carbons (Fsp3) is 0.200. The van der Waals surface area contributed by atoms with E-state index in [1.807, 2.05) is 0 Å². The summed E-state index contributed by atoms with van der Waals surface area (Å²) < 4.78 is 9.44. The van der Waals surface area contributed by atoms with Crippen molar-refractivity contribution in [3.8, 4) is 12.1 Å². The van der Waals surface area contributed by atoms with Crippen molar-refractivity contribution in [3.63, 3.8) is 0 Å². The number of carbonyl (C=O) groups is 2. The van der Waals surface area contributed by atoms with E-state index in [0.717, 1.165) is 0 Å². The first-order valence-corrected chi connectivity index (χ1v) is 6.70. The lowest BCUT2D eigenvalue weighted by atomic mass is 10.1. The highest BCUT2D eigenvalue weighted by Crippen LogP contribution is 2.15. The highest BCUT2D eigenvalue weighted by atomic mass is 16.6. The predicted octanol–water partition coefficient (Wildman–Crippen LogP) is 1.05. The van der Waals surface area contributed by atoms with Crippen LogP contribution in [0.4, 0.5) is 10.5 Å². The molecule has 0 bridgehead atoms. The van der Waals surface area contributed by atoms with Crippen LogP contribution in [0.3, 0.4) is 0 Å². The Morgan fingerprint density at radius 1 is 1.17 bits per heavy atom. The molecule has 24 heavy (non-hydrogen) atoms. The Balaban J connectivity index is 2.68. The van der Waals surface area contributed by atoms with Crippen LogP contribution in [0.15, 0.2) is 36.0 Å². The largest absolute Gasteiger partial charge is 0.446 e. The van der Waals surface area contributed by atoms with Gasteiger partial charge in [0.05, 0.1) is 17.9 Å². The van der Waals surface area contributed by atoms with Gasteiger partial charge in [-0.3, -0.25) is 10.2 Å². The van der Waals surface area contributed by atoms with E-state index >= 15 is 0 Å². The standard InChI is InChI=1S/C15H15N5O4/c1-23-6-7-24-15(22)20-19-14(21)12-4-2-3-5-13(12)18-10-11(8-16)9-17/h2-5,10,18H,6-7H2,1H3,(H,19,21)(H,20,22). The number of nitrogens with one attached hydrogen (secondary N) is 3. The van der Waals surface area contributed by atoms with E-state index in [2.05, 4.69) is 16.2 Å². The Morgan fingerprint density at radius 2 is 1.88 bits per heavy atom. The molecule has 0 aliphatic heterocycles. The molecule has 1 aromatic rings. The monoisotopic (exact) mass is 329 g/mol. The number of nitrogens with zero attached hydrogens (tertiary/aromatic N) is 2. The van der Waals surface area contributed by atoms with Crippen LogP contribution in [0.2, 0.25) is 0 Å². The maximum absolute atomic E-state index is 12.1. The van der Waals surface area contributed by atoms with Gasteiger partial charge in [0.2, 0.25) is 0 Å². The summed E-state index contributed by atoms with van der Waals surface area (Å²) in [5.41, 5.74) is 4.68. The molecular formula is C15H15N5O4. The number of allylic oxidation sites excluding steroid dienone is 1. The fourth-order valence-corrected chi connectivity index (χ4v) is 1.48. The first-order chi connectivity index (χ1) is 11.6. The van der Waals surface area contributed by atoms with Gasteiger partial charge in [0.1, 0.15) is 24.3 Å². The fourth-order valence-electron chi connectivity index (χ4n) is 1.48. The highest BCUT2D eigenvalue weighted by Gasteiger charge is 2.11. The number of anilines is 1. The number of para-hydroxylation sites is 1. The summed E-state index contributed by atoms with van der Waals surface area (Å²) in [6.45, 7) is 0.285. The minimum atomic E-state index is -0.831. The molecule has 0 spiro atoms. The second kappa shape index (κ2) is 10.2. The molecule has 0 atom stereocenters. The van der Waals surface area contributed by atoms with Crippen LogP contribution in [0.1, 0.15) is 10.4 Å². The van der Waals surface area contributed by atoms with Gasteiger partial charge in [-0.05, 0) is 12.1 Å². The van der Waals surface area contributed by atoms with E-state index in [1.54, 1.807) is 30.3 Å². The molecule has 1 aromatic carbocycles. The molecule has 9 nitrogen and oxygen atoms in total. The van der Waals surface area contributed by atoms with Gasteiger partial charge in [-0.25, -0.2) is 10.2 Å². The molecule has 0 unspecified atom stereocenters. The normalized spacial score (nSPS) is 8.96. The Bertz CT molecular complexity index is 687. The molecule has 0 aromatic heterocycles. The predicted molar refractivity (Wildman–Crippen MR) is 83.2 cm³/mol. The van der Waals surface area contributed by atoms with E-state index in [-0.39, 0.29) is 24.4 Å². The second-order valence-electron chi connectivity index (χ2n) is 4.18. The van der Waals surface area contributed by atoms with Crippen molar-refractivity contribution in [1.82, 2.24) is 10.9 Å². The van der Waals surface area contributed by atoms with Gasteiger partial charge in [0.15, 0.2) is 0 Å². The summed E-state index contributed by atoms with van der Waals surface area (Å²) in [4.78, 5) is 23.4. The maximum atomic E-state index is 12.1. The molecule has 2 amide bonds. The van der Waals surface area contributed by atoms with Gasteiger partial charge in [-0.2, -0.15) is 10.5 Å². The number of methoxy groups -OCH3 is 1. The van der Waals surface area contributed by atoms with Crippen molar-refractivity contribution in [2.45, 2.75) is 0 Å². The molecule has 0 radical (unpaired) electrons. The smallest absolute Gasteiger partial charge is 0.426 e. The molecule has 0 saturated heterocycles. The van der Waals surface area contributed by atoms with Crippen LogP contribution in [0.25, 0.3) is 0 Å². The van der Waals surface area contributed by atoms with Crippen LogP contribution in [-0.2, 0) is 9.47 Å². The molecule has 9 heteroatoms. The topological polar surface area (TPSA) is 136 Å². The lowest BCUT2D eigenvalue weighted by Gasteiger charge is -2.11. The molecule has 1 rings (SSSR count). The number of hydrogen-bond acceptors (Lipinski definition) is 7. The van der Waals surface area contributed by atoms with Gasteiger partial charge in [-0.15, -0.1) is 0 Å². The molecular weight excluding hydrogens is 314 g/mol. The number of amides is 2. The third-order valence-electron chi connectivity index (χ3n) is 2.58. The number of ether oxygens (including phenoxy) is 2. The van der Waals surface area contributed by atoms with Crippen LogP contribution < -0.4 is 16.2 Å². The quantitative estimate of drug-likeness (QED) is 0.403. The summed E-state index contributed by atoms with van der Waals surface area (Å²) in [5.74, 6) is -0.606. The third kappa shape index (κ3) is 6.05. The van der Waals surface area contributed by atoms with E-state index in [9.17, 15) is 9.59 Å². The van der Waals surface area contributed by atoms with E-state index in [1.165, 1.54) is 19.4 Å². The van der Waals surface area contributed by atoms with Crippen molar-refractivity contribution in [3.05, 3.63) is 41.6 Å². The zero-order valence-electron chi connectivity index (χ0n) is 12.8. The van der Waals surface area contributed by atoms with E-state index in [4.69, 9.17) is 20.0 Å². The average Bonchev–Trinajstić information content (AvgIpc) is 2.61. The number of carbonyl (C=O) groups excluding carboxylic acids is 2. The first-order valence-electron chi connectivity index (χ1n) is 6.70. The molecule has 124 valence electrons. The molecule has 0 aliphatic carbocycles. The van der Waals surface area contributed by atoms with Gasteiger partial charge in [0.25, 0.3) is 5.91 Å². The minimum Gasteiger partial charge on any atom is -0.446 e. The number of hydrogen-bond donors (Lipinski definition) is 3. The van der Waals surface area contributed by atoms with Crippen LogP contribution >= 0.6 is 0 Å². The third-order valence-corrected chi connectivity index (χ3v) is 2.58. The van der Waals surface area contributed by atoms with Crippen molar-refractivity contribution in [2.24, 2.45) is 0 Å². The van der Waals surface area contributed by atoms with E-state index in [0.29, 0.717) is 5.69 Å². The van der Waals surface area contributed by atoms with Crippen molar-refractivity contribution >= 4 is 17.7 Å². The summed E-state index contributed by atoms with van der Waals surface area (Å²) in [6.07, 6.45) is 0.348. The summed E-state index contributed by atoms with van der Waals surface area (Å²) in [6, 6.07) is 9.74. The molecule has 0 aliphatic rings. The van der Waals surface area contributed by atoms with Gasteiger partial charge in [-0.1, -0.05) is 12.1 Å². The first kappa shape index (κ1) is 18.5. The maximum Gasteiger partial charge on any atom is 0.426 e.